The number of ether oxygens (including phenoxy) is 1. The molecule has 0 fully saturated rings. The molecule has 0 atom stereocenters. The molecule has 0 unspecified atom stereocenters. The lowest BCUT2D eigenvalue weighted by molar-refractivity contribution is 0.0369. The number of nitrogens with one attached hydrogen (secondary N) is 1. The second kappa shape index (κ2) is 4.64. The van der Waals surface area contributed by atoms with Gasteiger partial charge in [0.2, 0.25) is 0 Å². The van der Waals surface area contributed by atoms with E-state index in [1.165, 1.54) is 6.92 Å². The summed E-state index contributed by atoms with van der Waals surface area (Å²) >= 11 is 0. The summed E-state index contributed by atoms with van der Waals surface area (Å²) in [5.74, 6) is -0.644. The molecule has 4 heteroatoms. The summed E-state index contributed by atoms with van der Waals surface area (Å²) in [6.45, 7) is 4.99. The van der Waals surface area contributed by atoms with Gasteiger partial charge in [-0.05, 0) is 26.8 Å². The van der Waals surface area contributed by atoms with E-state index < -0.39 is 5.97 Å². The Hall–Kier alpha value is -2.10. The number of benzene rings is 1. The third-order valence-corrected chi connectivity index (χ3v) is 2.60. The van der Waals surface area contributed by atoms with E-state index in [2.05, 4.69) is 4.98 Å². The second-order valence-corrected chi connectivity index (χ2v) is 4.43. The summed E-state index contributed by atoms with van der Waals surface area (Å²) in [4.78, 5) is 26.6. The molecule has 4 nitrogen and oxygen atoms in total. The Bertz CT molecular complexity index is 611. The fraction of sp³-hybridized carbons (Fsp3) is 0.286. The SMILES string of the molecule is CC(=O)c1c(C(=O)OC(C)C)[nH]c2ccccc12. The van der Waals surface area contributed by atoms with Crippen molar-refractivity contribution in [3.8, 4) is 0 Å². The molecule has 18 heavy (non-hydrogen) atoms. The molecule has 0 spiro atoms. The van der Waals surface area contributed by atoms with Crippen molar-refractivity contribution in [2.24, 2.45) is 0 Å². The van der Waals surface area contributed by atoms with Crippen LogP contribution in [0.1, 0.15) is 41.6 Å². The van der Waals surface area contributed by atoms with Gasteiger partial charge in [0.25, 0.3) is 0 Å². The summed E-state index contributed by atoms with van der Waals surface area (Å²) in [5.41, 5.74) is 1.40. The Morgan fingerprint density at radius 2 is 1.89 bits per heavy atom. The predicted molar refractivity (Wildman–Crippen MR) is 68.9 cm³/mol. The lowest BCUT2D eigenvalue weighted by atomic mass is 10.1. The van der Waals surface area contributed by atoms with Crippen molar-refractivity contribution in [2.75, 3.05) is 0 Å². The number of rotatable bonds is 3. The molecule has 2 aromatic rings. The first-order valence-electron chi connectivity index (χ1n) is 5.83. The van der Waals surface area contributed by atoms with Crippen LogP contribution in [-0.2, 0) is 4.74 Å². The van der Waals surface area contributed by atoms with Gasteiger partial charge in [0.05, 0.1) is 11.7 Å². The zero-order valence-corrected chi connectivity index (χ0v) is 10.6. The molecular formula is C14H15NO3. The van der Waals surface area contributed by atoms with Gasteiger partial charge in [-0.2, -0.15) is 0 Å². The van der Waals surface area contributed by atoms with E-state index in [1.807, 2.05) is 24.3 Å². The largest absolute Gasteiger partial charge is 0.458 e. The number of para-hydroxylation sites is 1. The summed E-state index contributed by atoms with van der Waals surface area (Å²) in [6, 6.07) is 7.32. The molecule has 0 amide bonds. The van der Waals surface area contributed by atoms with Crippen molar-refractivity contribution in [1.29, 1.82) is 0 Å². The number of H-pyrrole nitrogens is 1. The molecule has 2 rings (SSSR count). The molecule has 0 aliphatic rings. The van der Waals surface area contributed by atoms with Crippen LogP contribution in [0.15, 0.2) is 24.3 Å². The minimum Gasteiger partial charge on any atom is -0.458 e. The van der Waals surface area contributed by atoms with Gasteiger partial charge in [-0.1, -0.05) is 18.2 Å². The molecule has 1 aromatic carbocycles. The van der Waals surface area contributed by atoms with E-state index in [0.717, 1.165) is 10.9 Å². The Balaban J connectivity index is 2.59. The minimum atomic E-state index is -0.494. The molecular weight excluding hydrogens is 230 g/mol. The maximum absolute atomic E-state index is 11.9. The van der Waals surface area contributed by atoms with Gasteiger partial charge < -0.3 is 9.72 Å². The number of fused-ring (bicyclic) bond motifs is 1. The van der Waals surface area contributed by atoms with E-state index >= 15 is 0 Å². The number of esters is 1. The first-order valence-corrected chi connectivity index (χ1v) is 5.83. The van der Waals surface area contributed by atoms with Crippen LogP contribution >= 0.6 is 0 Å². The summed E-state index contributed by atoms with van der Waals surface area (Å²) < 4.78 is 5.13. The number of aromatic amines is 1. The maximum Gasteiger partial charge on any atom is 0.355 e. The molecule has 0 aliphatic heterocycles. The van der Waals surface area contributed by atoms with Crippen LogP contribution in [0.3, 0.4) is 0 Å². The highest BCUT2D eigenvalue weighted by Gasteiger charge is 2.22. The summed E-state index contributed by atoms with van der Waals surface area (Å²) in [7, 11) is 0. The third kappa shape index (κ3) is 2.14. The molecule has 0 saturated carbocycles. The topological polar surface area (TPSA) is 59.2 Å². The van der Waals surface area contributed by atoms with Gasteiger partial charge in [0.1, 0.15) is 5.69 Å². The molecule has 1 heterocycles. The van der Waals surface area contributed by atoms with Crippen molar-refractivity contribution >= 4 is 22.7 Å². The van der Waals surface area contributed by atoms with Gasteiger partial charge in [-0.25, -0.2) is 4.79 Å². The van der Waals surface area contributed by atoms with Crippen molar-refractivity contribution in [1.82, 2.24) is 4.98 Å². The first kappa shape index (κ1) is 12.4. The van der Waals surface area contributed by atoms with Crippen molar-refractivity contribution in [3.05, 3.63) is 35.5 Å². The maximum atomic E-state index is 11.9. The Morgan fingerprint density at radius 1 is 1.22 bits per heavy atom. The van der Waals surface area contributed by atoms with E-state index in [4.69, 9.17) is 4.74 Å². The minimum absolute atomic E-state index is 0.150. The fourth-order valence-electron chi connectivity index (χ4n) is 1.93. The van der Waals surface area contributed by atoms with Crippen molar-refractivity contribution in [2.45, 2.75) is 26.9 Å². The first-order chi connectivity index (χ1) is 8.50. The Morgan fingerprint density at radius 3 is 2.50 bits per heavy atom. The van der Waals surface area contributed by atoms with Crippen molar-refractivity contribution in [3.63, 3.8) is 0 Å². The number of hydrogen-bond donors (Lipinski definition) is 1. The van der Waals surface area contributed by atoms with E-state index in [1.54, 1.807) is 13.8 Å². The van der Waals surface area contributed by atoms with Gasteiger partial charge in [0.15, 0.2) is 5.78 Å². The average molecular weight is 245 g/mol. The van der Waals surface area contributed by atoms with Crippen LogP contribution in [0.4, 0.5) is 0 Å². The summed E-state index contributed by atoms with van der Waals surface area (Å²) in [5, 5.41) is 0.751. The number of carbonyl (C=O) groups is 2. The molecule has 1 aromatic heterocycles. The zero-order valence-electron chi connectivity index (χ0n) is 10.6. The smallest absolute Gasteiger partial charge is 0.355 e. The van der Waals surface area contributed by atoms with Crippen molar-refractivity contribution < 1.29 is 14.3 Å². The Labute approximate surface area is 105 Å². The highest BCUT2D eigenvalue weighted by molar-refractivity contribution is 6.14. The predicted octanol–water partition coefficient (Wildman–Crippen LogP) is 2.94. The molecule has 0 radical (unpaired) electrons. The van der Waals surface area contributed by atoms with Crippen LogP contribution in [0.2, 0.25) is 0 Å². The number of aromatic nitrogens is 1. The monoisotopic (exact) mass is 245 g/mol. The number of carbonyl (C=O) groups excluding carboxylic acids is 2. The molecule has 0 aliphatic carbocycles. The van der Waals surface area contributed by atoms with E-state index in [0.29, 0.717) is 5.56 Å². The average Bonchev–Trinajstić information content (AvgIpc) is 2.67. The zero-order chi connectivity index (χ0) is 13.3. The van der Waals surface area contributed by atoms with E-state index in [9.17, 15) is 9.59 Å². The number of ketones is 1. The summed E-state index contributed by atoms with van der Waals surface area (Å²) in [6.07, 6.45) is -0.219. The molecule has 0 saturated heterocycles. The van der Waals surface area contributed by atoms with Gasteiger partial charge in [-0.15, -0.1) is 0 Å². The second-order valence-electron chi connectivity index (χ2n) is 4.43. The van der Waals surface area contributed by atoms with Crippen LogP contribution in [0.25, 0.3) is 10.9 Å². The Kier molecular flexibility index (Phi) is 3.19. The lowest BCUT2D eigenvalue weighted by Crippen LogP contribution is -2.14. The molecule has 1 N–H and O–H groups in total. The van der Waals surface area contributed by atoms with E-state index in [-0.39, 0.29) is 17.6 Å². The molecule has 94 valence electrons. The van der Waals surface area contributed by atoms with Gasteiger partial charge >= 0.3 is 5.97 Å². The van der Waals surface area contributed by atoms with Crippen LogP contribution < -0.4 is 0 Å². The standard InChI is InChI=1S/C14H15NO3/c1-8(2)18-14(17)13-12(9(3)16)10-6-4-5-7-11(10)15-13/h4-8,15H,1-3H3. The van der Waals surface area contributed by atoms with Crippen LogP contribution in [0, 0.1) is 0 Å². The van der Waals surface area contributed by atoms with Gasteiger partial charge in [-0.3, -0.25) is 4.79 Å². The lowest BCUT2D eigenvalue weighted by Gasteiger charge is -2.07. The highest BCUT2D eigenvalue weighted by atomic mass is 16.5. The highest BCUT2D eigenvalue weighted by Crippen LogP contribution is 2.23. The third-order valence-electron chi connectivity index (χ3n) is 2.60. The number of hydrogen-bond acceptors (Lipinski definition) is 3. The normalized spacial score (nSPS) is 10.9. The van der Waals surface area contributed by atoms with Crippen LogP contribution in [0.5, 0.6) is 0 Å². The number of Topliss-reactive ketones (excluding diaryl/α,β-unsaturated/α-hetero) is 1. The molecule has 0 bridgehead atoms. The van der Waals surface area contributed by atoms with Gasteiger partial charge in [0, 0.05) is 10.9 Å². The van der Waals surface area contributed by atoms with Crippen LogP contribution in [-0.4, -0.2) is 22.8 Å². The fourth-order valence-corrected chi connectivity index (χ4v) is 1.93. The quantitative estimate of drug-likeness (QED) is 0.668.